The lowest BCUT2D eigenvalue weighted by molar-refractivity contribution is 0.452. The zero-order chi connectivity index (χ0) is 13.2. The summed E-state index contributed by atoms with van der Waals surface area (Å²) < 4.78 is 24.9. The van der Waals surface area contributed by atoms with Gasteiger partial charge in [0.25, 0.3) is 0 Å². The average Bonchev–Trinajstić information content (AvgIpc) is 2.74. The smallest absolute Gasteiger partial charge is 0.203 e. The Labute approximate surface area is 109 Å². The van der Waals surface area contributed by atoms with Crippen molar-refractivity contribution in [1.29, 1.82) is 0 Å². The van der Waals surface area contributed by atoms with Crippen molar-refractivity contribution < 1.29 is 8.42 Å². The molecule has 1 aliphatic rings. The molecule has 1 saturated heterocycles. The van der Waals surface area contributed by atoms with Crippen LogP contribution in [0.5, 0.6) is 0 Å². The predicted octanol–water partition coefficient (Wildman–Crippen LogP) is 1.70. The molecule has 0 aliphatic carbocycles. The van der Waals surface area contributed by atoms with Crippen LogP contribution in [0, 0.1) is 5.92 Å². The molecule has 6 heteroatoms. The van der Waals surface area contributed by atoms with E-state index in [0.717, 1.165) is 12.5 Å². The third-order valence-electron chi connectivity index (χ3n) is 3.25. The third kappa shape index (κ3) is 3.25. The summed E-state index contributed by atoms with van der Waals surface area (Å²) in [6, 6.07) is 0.255. The van der Waals surface area contributed by atoms with Gasteiger partial charge in [-0.15, -0.1) is 0 Å². The summed E-state index contributed by atoms with van der Waals surface area (Å²) in [6.45, 7) is 5.17. The topological polar surface area (TPSA) is 64.0 Å². The van der Waals surface area contributed by atoms with Crippen LogP contribution >= 0.6 is 0 Å². The number of imidazole rings is 1. The monoisotopic (exact) mass is 271 g/mol. The molecule has 0 unspecified atom stereocenters. The first-order valence-electron chi connectivity index (χ1n) is 6.45. The molecule has 1 aliphatic heterocycles. The maximum Gasteiger partial charge on any atom is 0.203 e. The normalized spacial score (nSPS) is 20.2. The molecule has 0 spiro atoms. The number of nitrogens with zero attached hydrogens (tertiary/aromatic N) is 2. The second-order valence-electron chi connectivity index (χ2n) is 5.32. The molecule has 2 heterocycles. The van der Waals surface area contributed by atoms with Gasteiger partial charge in [-0.25, -0.2) is 13.4 Å². The van der Waals surface area contributed by atoms with Gasteiger partial charge < -0.3 is 9.88 Å². The number of rotatable bonds is 4. The van der Waals surface area contributed by atoms with E-state index in [9.17, 15) is 8.42 Å². The summed E-state index contributed by atoms with van der Waals surface area (Å²) in [5.74, 6) is 1.99. The van der Waals surface area contributed by atoms with Crippen molar-refractivity contribution in [3.05, 3.63) is 12.4 Å². The molecule has 0 radical (unpaired) electrons. The van der Waals surface area contributed by atoms with Crippen LogP contribution in [0.2, 0.25) is 0 Å². The number of hydrogen-bond donors (Lipinski definition) is 1. The van der Waals surface area contributed by atoms with E-state index in [4.69, 9.17) is 0 Å². The van der Waals surface area contributed by atoms with E-state index in [1.54, 1.807) is 6.20 Å². The summed E-state index contributed by atoms with van der Waals surface area (Å²) in [4.78, 5) is 4.30. The number of hydrogen-bond acceptors (Lipinski definition) is 4. The number of aromatic nitrogens is 2. The van der Waals surface area contributed by atoms with Crippen molar-refractivity contribution in [2.45, 2.75) is 32.7 Å². The standard InChI is InChI=1S/C12H21N3O2S/c1-10(2)9-14-12-13-5-6-15(12)11-3-7-18(16,17)8-4-11/h5-6,10-11H,3-4,7-9H2,1-2H3,(H,13,14). The lowest BCUT2D eigenvalue weighted by Crippen LogP contribution is -2.26. The van der Waals surface area contributed by atoms with E-state index in [1.807, 2.05) is 6.20 Å². The third-order valence-corrected chi connectivity index (χ3v) is 4.97. The molecule has 5 nitrogen and oxygen atoms in total. The molecule has 0 atom stereocenters. The first kappa shape index (κ1) is 13.4. The van der Waals surface area contributed by atoms with Gasteiger partial charge in [0.2, 0.25) is 5.95 Å². The highest BCUT2D eigenvalue weighted by Gasteiger charge is 2.25. The molecule has 1 aromatic heterocycles. The van der Waals surface area contributed by atoms with Crippen LogP contribution in [-0.2, 0) is 9.84 Å². The molecule has 0 amide bonds. The highest BCUT2D eigenvalue weighted by molar-refractivity contribution is 7.91. The molecule has 1 aromatic rings. The van der Waals surface area contributed by atoms with Gasteiger partial charge in [-0.05, 0) is 18.8 Å². The van der Waals surface area contributed by atoms with Crippen LogP contribution < -0.4 is 5.32 Å². The molecule has 1 N–H and O–H groups in total. The maximum atomic E-state index is 11.4. The highest BCUT2D eigenvalue weighted by Crippen LogP contribution is 2.26. The Morgan fingerprint density at radius 2 is 2.11 bits per heavy atom. The summed E-state index contributed by atoms with van der Waals surface area (Å²) in [6.07, 6.45) is 5.08. The van der Waals surface area contributed by atoms with Gasteiger partial charge in [0.15, 0.2) is 0 Å². The summed E-state index contributed by atoms with van der Waals surface area (Å²) in [5, 5.41) is 3.31. The lowest BCUT2D eigenvalue weighted by Gasteiger charge is -2.25. The van der Waals surface area contributed by atoms with Gasteiger partial charge in [-0.1, -0.05) is 13.8 Å². The van der Waals surface area contributed by atoms with Crippen LogP contribution in [0.1, 0.15) is 32.7 Å². The fourth-order valence-corrected chi connectivity index (χ4v) is 3.66. The minimum atomic E-state index is -2.80. The predicted molar refractivity (Wildman–Crippen MR) is 72.5 cm³/mol. The Bertz CT molecular complexity index is 479. The summed E-state index contributed by atoms with van der Waals surface area (Å²) >= 11 is 0. The Morgan fingerprint density at radius 3 is 2.72 bits per heavy atom. The summed E-state index contributed by atoms with van der Waals surface area (Å²) in [7, 11) is -2.80. The highest BCUT2D eigenvalue weighted by atomic mass is 32.2. The van der Waals surface area contributed by atoms with Gasteiger partial charge in [0, 0.05) is 25.0 Å². The van der Waals surface area contributed by atoms with Crippen molar-refractivity contribution in [3.63, 3.8) is 0 Å². The van der Waals surface area contributed by atoms with E-state index in [2.05, 4.69) is 28.7 Å². The average molecular weight is 271 g/mol. The zero-order valence-electron chi connectivity index (χ0n) is 11.0. The van der Waals surface area contributed by atoms with Gasteiger partial charge in [-0.3, -0.25) is 0 Å². The molecule has 0 saturated carbocycles. The van der Waals surface area contributed by atoms with Crippen molar-refractivity contribution >= 4 is 15.8 Å². The van der Waals surface area contributed by atoms with Crippen LogP contribution in [0.4, 0.5) is 5.95 Å². The largest absolute Gasteiger partial charge is 0.355 e. The molecular weight excluding hydrogens is 250 g/mol. The quantitative estimate of drug-likeness (QED) is 0.905. The van der Waals surface area contributed by atoms with Gasteiger partial charge >= 0.3 is 0 Å². The van der Waals surface area contributed by atoms with Crippen molar-refractivity contribution in [2.75, 3.05) is 23.4 Å². The minimum Gasteiger partial charge on any atom is -0.355 e. The van der Waals surface area contributed by atoms with E-state index in [1.165, 1.54) is 0 Å². The minimum absolute atomic E-state index is 0.255. The molecule has 1 fully saturated rings. The van der Waals surface area contributed by atoms with E-state index in [0.29, 0.717) is 30.3 Å². The van der Waals surface area contributed by atoms with E-state index >= 15 is 0 Å². The SMILES string of the molecule is CC(C)CNc1nccn1C1CCS(=O)(=O)CC1. The first-order valence-corrected chi connectivity index (χ1v) is 8.27. The lowest BCUT2D eigenvalue weighted by atomic mass is 10.1. The first-order chi connectivity index (χ1) is 8.48. The van der Waals surface area contributed by atoms with E-state index in [-0.39, 0.29) is 6.04 Å². The van der Waals surface area contributed by atoms with Gasteiger partial charge in [-0.2, -0.15) is 0 Å². The van der Waals surface area contributed by atoms with Gasteiger partial charge in [0.05, 0.1) is 11.5 Å². The van der Waals surface area contributed by atoms with E-state index < -0.39 is 9.84 Å². The van der Waals surface area contributed by atoms with Gasteiger partial charge in [0.1, 0.15) is 9.84 Å². The van der Waals surface area contributed by atoms with Crippen LogP contribution in [-0.4, -0.2) is 36.0 Å². The maximum absolute atomic E-state index is 11.4. The number of anilines is 1. The van der Waals surface area contributed by atoms with Crippen molar-refractivity contribution in [3.8, 4) is 0 Å². The molecule has 18 heavy (non-hydrogen) atoms. The molecular formula is C12H21N3O2S. The molecule has 0 bridgehead atoms. The molecule has 2 rings (SSSR count). The second kappa shape index (κ2) is 5.30. The van der Waals surface area contributed by atoms with Crippen LogP contribution in [0.25, 0.3) is 0 Å². The number of nitrogens with one attached hydrogen (secondary N) is 1. The van der Waals surface area contributed by atoms with Crippen molar-refractivity contribution in [1.82, 2.24) is 9.55 Å². The number of sulfone groups is 1. The molecule has 102 valence electrons. The molecule has 0 aromatic carbocycles. The second-order valence-corrected chi connectivity index (χ2v) is 7.62. The fourth-order valence-electron chi connectivity index (χ4n) is 2.20. The fraction of sp³-hybridized carbons (Fsp3) is 0.750. The summed E-state index contributed by atoms with van der Waals surface area (Å²) in [5.41, 5.74) is 0. The van der Waals surface area contributed by atoms with Crippen LogP contribution in [0.15, 0.2) is 12.4 Å². The van der Waals surface area contributed by atoms with Crippen molar-refractivity contribution in [2.24, 2.45) is 5.92 Å². The zero-order valence-corrected chi connectivity index (χ0v) is 11.8. The Kier molecular flexibility index (Phi) is 3.94. The Morgan fingerprint density at radius 1 is 1.44 bits per heavy atom. The Hall–Kier alpha value is -1.04. The van der Waals surface area contributed by atoms with Crippen LogP contribution in [0.3, 0.4) is 0 Å². The Balaban J connectivity index is 2.03.